The second kappa shape index (κ2) is 5.71. The Morgan fingerprint density at radius 3 is 2.95 bits per heavy atom. The average Bonchev–Trinajstić information content (AvgIpc) is 2.85. The third-order valence-corrected chi connectivity index (χ3v) is 2.69. The van der Waals surface area contributed by atoms with Gasteiger partial charge in [0, 0.05) is 6.42 Å². The third kappa shape index (κ3) is 3.23. The van der Waals surface area contributed by atoms with Gasteiger partial charge in [-0.2, -0.15) is 4.98 Å². The van der Waals surface area contributed by atoms with Crippen LogP contribution in [0.4, 0.5) is 0 Å². The predicted molar refractivity (Wildman–Crippen MR) is 66.4 cm³/mol. The minimum atomic E-state index is -1.11. The molecule has 7 heteroatoms. The van der Waals surface area contributed by atoms with Gasteiger partial charge in [0.1, 0.15) is 5.75 Å². The van der Waals surface area contributed by atoms with Gasteiger partial charge in [0.15, 0.2) is 12.4 Å². The zero-order valence-corrected chi connectivity index (χ0v) is 10.8. The van der Waals surface area contributed by atoms with Gasteiger partial charge in [-0.1, -0.05) is 23.7 Å². The van der Waals surface area contributed by atoms with Crippen LogP contribution in [-0.2, 0) is 13.0 Å². The number of halogens is 1. The first-order chi connectivity index (χ1) is 9.10. The molecule has 0 bridgehead atoms. The Balaban J connectivity index is 2.07. The average molecular weight is 283 g/mol. The highest BCUT2D eigenvalue weighted by atomic mass is 35.5. The summed E-state index contributed by atoms with van der Waals surface area (Å²) < 4.78 is 10.3. The van der Waals surface area contributed by atoms with Crippen LogP contribution in [-0.4, -0.2) is 21.2 Å². The Hall–Kier alpha value is -2.08. The molecular weight excluding hydrogens is 272 g/mol. The van der Waals surface area contributed by atoms with Crippen molar-refractivity contribution >= 4 is 17.6 Å². The number of nitrogens with zero attached hydrogens (tertiary/aromatic N) is 2. The zero-order chi connectivity index (χ0) is 13.8. The number of carboxylic acids is 1. The lowest BCUT2D eigenvalue weighted by molar-refractivity contribution is 0.0696. The van der Waals surface area contributed by atoms with Gasteiger partial charge in [-0.3, -0.25) is 0 Å². The minimum absolute atomic E-state index is 0.0149. The predicted octanol–water partition coefficient (Wildman–Crippen LogP) is 2.56. The van der Waals surface area contributed by atoms with E-state index in [1.165, 1.54) is 12.1 Å². The molecule has 0 radical (unpaired) electrons. The highest BCUT2D eigenvalue weighted by Gasteiger charge is 2.11. The van der Waals surface area contributed by atoms with Crippen molar-refractivity contribution in [2.24, 2.45) is 0 Å². The Morgan fingerprint density at radius 1 is 1.53 bits per heavy atom. The van der Waals surface area contributed by atoms with Crippen molar-refractivity contribution in [2.75, 3.05) is 0 Å². The molecule has 0 aliphatic rings. The summed E-state index contributed by atoms with van der Waals surface area (Å²) in [7, 11) is 0. The maximum atomic E-state index is 10.9. The number of aromatic nitrogens is 2. The molecule has 0 saturated carbocycles. The van der Waals surface area contributed by atoms with Gasteiger partial charge < -0.3 is 14.4 Å². The highest BCUT2D eigenvalue weighted by Crippen LogP contribution is 2.22. The lowest BCUT2D eigenvalue weighted by Gasteiger charge is -2.05. The molecule has 0 fully saturated rings. The fraction of sp³-hybridized carbons (Fsp3) is 0.250. The number of aryl methyl sites for hydroxylation is 1. The van der Waals surface area contributed by atoms with Gasteiger partial charge in [-0.15, -0.1) is 0 Å². The van der Waals surface area contributed by atoms with E-state index in [0.717, 1.165) is 0 Å². The summed E-state index contributed by atoms with van der Waals surface area (Å²) in [6.45, 7) is 1.99. The summed E-state index contributed by atoms with van der Waals surface area (Å²) in [6, 6.07) is 4.39. The van der Waals surface area contributed by atoms with Crippen LogP contribution in [0, 0.1) is 0 Å². The van der Waals surface area contributed by atoms with Gasteiger partial charge in [-0.25, -0.2) is 4.79 Å². The van der Waals surface area contributed by atoms with Crippen LogP contribution in [0.15, 0.2) is 22.7 Å². The van der Waals surface area contributed by atoms with Crippen LogP contribution in [0.25, 0.3) is 0 Å². The summed E-state index contributed by atoms with van der Waals surface area (Å²) >= 11 is 5.75. The van der Waals surface area contributed by atoms with Crippen molar-refractivity contribution in [2.45, 2.75) is 20.0 Å². The van der Waals surface area contributed by atoms with Crippen LogP contribution in [0.1, 0.15) is 29.0 Å². The Bertz CT molecular complexity index is 597. The van der Waals surface area contributed by atoms with E-state index in [9.17, 15) is 4.79 Å². The molecule has 1 N–H and O–H groups in total. The van der Waals surface area contributed by atoms with Gasteiger partial charge in [0.25, 0.3) is 5.89 Å². The molecular formula is C12H11ClN2O4. The fourth-order valence-corrected chi connectivity index (χ4v) is 1.59. The molecule has 2 rings (SSSR count). The number of rotatable bonds is 5. The maximum absolute atomic E-state index is 10.9. The second-order valence-electron chi connectivity index (χ2n) is 3.69. The SMILES string of the molecule is CCc1noc(COc2ccc(Cl)c(C(=O)O)c2)n1. The first-order valence-corrected chi connectivity index (χ1v) is 5.95. The van der Waals surface area contributed by atoms with Crippen molar-refractivity contribution in [3.8, 4) is 5.75 Å². The number of carbonyl (C=O) groups is 1. The minimum Gasteiger partial charge on any atom is -0.484 e. The lowest BCUT2D eigenvalue weighted by atomic mass is 10.2. The first kappa shape index (κ1) is 13.4. The summed E-state index contributed by atoms with van der Waals surface area (Å²) in [5.41, 5.74) is -0.0149. The molecule has 1 aromatic heterocycles. The van der Waals surface area contributed by atoms with E-state index in [0.29, 0.717) is 23.9 Å². The van der Waals surface area contributed by atoms with Crippen molar-refractivity contribution in [3.05, 3.63) is 40.5 Å². The second-order valence-corrected chi connectivity index (χ2v) is 4.10. The van der Waals surface area contributed by atoms with Crippen LogP contribution in [0.3, 0.4) is 0 Å². The van der Waals surface area contributed by atoms with E-state index >= 15 is 0 Å². The van der Waals surface area contributed by atoms with Crippen molar-refractivity contribution in [1.29, 1.82) is 0 Å². The summed E-state index contributed by atoms with van der Waals surface area (Å²) in [4.78, 5) is 15.0. The third-order valence-electron chi connectivity index (χ3n) is 2.36. The number of carboxylic acid groups (broad SMARTS) is 1. The first-order valence-electron chi connectivity index (χ1n) is 5.57. The van der Waals surface area contributed by atoms with E-state index in [2.05, 4.69) is 10.1 Å². The Kier molecular flexibility index (Phi) is 4.01. The van der Waals surface area contributed by atoms with Gasteiger partial charge in [0.05, 0.1) is 10.6 Å². The highest BCUT2D eigenvalue weighted by molar-refractivity contribution is 6.33. The molecule has 0 aliphatic heterocycles. The number of benzene rings is 1. The fourth-order valence-electron chi connectivity index (χ4n) is 1.40. The molecule has 100 valence electrons. The topological polar surface area (TPSA) is 85.5 Å². The summed E-state index contributed by atoms with van der Waals surface area (Å²) in [5, 5.41) is 12.8. The smallest absolute Gasteiger partial charge is 0.337 e. The monoisotopic (exact) mass is 282 g/mol. The van der Waals surface area contributed by atoms with Crippen LogP contribution < -0.4 is 4.74 Å². The van der Waals surface area contributed by atoms with Crippen LogP contribution >= 0.6 is 11.6 Å². The van der Waals surface area contributed by atoms with Gasteiger partial charge in [0.2, 0.25) is 0 Å². The Morgan fingerprint density at radius 2 is 2.32 bits per heavy atom. The summed E-state index contributed by atoms with van der Waals surface area (Å²) in [5.74, 6) is 0.198. The number of hydrogen-bond donors (Lipinski definition) is 1. The molecule has 2 aromatic rings. The molecule has 1 heterocycles. The normalized spacial score (nSPS) is 10.4. The molecule has 19 heavy (non-hydrogen) atoms. The standard InChI is InChI=1S/C12H11ClN2O4/c1-2-10-14-11(19-15-10)6-18-7-3-4-9(13)8(5-7)12(16)17/h3-5H,2,6H2,1H3,(H,16,17). The molecule has 0 spiro atoms. The molecule has 0 aliphatic carbocycles. The Labute approximate surface area is 114 Å². The summed E-state index contributed by atoms with van der Waals surface area (Å²) in [6.07, 6.45) is 0.674. The van der Waals surface area contributed by atoms with E-state index in [-0.39, 0.29) is 17.2 Å². The molecule has 1 aromatic carbocycles. The van der Waals surface area contributed by atoms with E-state index in [1.807, 2.05) is 6.92 Å². The van der Waals surface area contributed by atoms with E-state index < -0.39 is 5.97 Å². The van der Waals surface area contributed by atoms with E-state index in [1.54, 1.807) is 6.07 Å². The van der Waals surface area contributed by atoms with Gasteiger partial charge in [-0.05, 0) is 18.2 Å². The maximum Gasteiger partial charge on any atom is 0.337 e. The van der Waals surface area contributed by atoms with Crippen LogP contribution in [0.2, 0.25) is 5.02 Å². The van der Waals surface area contributed by atoms with Crippen LogP contribution in [0.5, 0.6) is 5.75 Å². The number of aromatic carboxylic acids is 1. The zero-order valence-electron chi connectivity index (χ0n) is 10.1. The molecule has 0 atom stereocenters. The number of hydrogen-bond acceptors (Lipinski definition) is 5. The van der Waals surface area contributed by atoms with Gasteiger partial charge >= 0.3 is 5.97 Å². The number of ether oxygens (including phenoxy) is 1. The van der Waals surface area contributed by atoms with Crippen molar-refractivity contribution in [1.82, 2.24) is 10.1 Å². The molecule has 6 nitrogen and oxygen atoms in total. The largest absolute Gasteiger partial charge is 0.484 e. The quantitative estimate of drug-likeness (QED) is 0.907. The lowest BCUT2D eigenvalue weighted by Crippen LogP contribution is -2.00. The van der Waals surface area contributed by atoms with Crippen molar-refractivity contribution < 1.29 is 19.2 Å². The molecule has 0 saturated heterocycles. The molecule has 0 unspecified atom stereocenters. The van der Waals surface area contributed by atoms with E-state index in [4.69, 9.17) is 26.0 Å². The van der Waals surface area contributed by atoms with Crippen molar-refractivity contribution in [3.63, 3.8) is 0 Å². The molecule has 0 amide bonds.